The number of nitrogens with zero attached hydrogens (tertiary/aromatic N) is 5. The van der Waals surface area contributed by atoms with E-state index in [1.165, 1.54) is 11.0 Å². The molecule has 7 nitrogen and oxygen atoms in total. The molecule has 1 N–H and O–H groups in total. The number of hydrogen-bond donors (Lipinski definition) is 1. The summed E-state index contributed by atoms with van der Waals surface area (Å²) in [6, 6.07) is 6.72. The van der Waals surface area contributed by atoms with E-state index >= 15 is 0 Å². The third-order valence-corrected chi connectivity index (χ3v) is 5.78. The third-order valence-electron chi connectivity index (χ3n) is 5.47. The molecule has 0 radical (unpaired) electrons. The van der Waals surface area contributed by atoms with Gasteiger partial charge in [-0.1, -0.05) is 11.6 Å². The number of halogens is 4. The van der Waals surface area contributed by atoms with Crippen LogP contribution < -0.4 is 4.90 Å². The number of carbonyl (C=O) groups is 1. The zero-order valence-electron chi connectivity index (χ0n) is 17.1. The number of rotatable bonds is 3. The second-order valence-corrected chi connectivity index (χ2v) is 8.06. The average Bonchev–Trinajstić information content (AvgIpc) is 3.43. The van der Waals surface area contributed by atoms with E-state index in [0.717, 1.165) is 17.7 Å². The van der Waals surface area contributed by atoms with Crippen LogP contribution in [-0.2, 0) is 6.18 Å². The summed E-state index contributed by atoms with van der Waals surface area (Å²) >= 11 is 5.89. The van der Waals surface area contributed by atoms with Crippen LogP contribution in [0.4, 0.5) is 18.9 Å². The summed E-state index contributed by atoms with van der Waals surface area (Å²) in [5.41, 5.74) is 1.44. The Morgan fingerprint density at radius 1 is 1.21 bits per heavy atom. The molecule has 1 amide bonds. The number of imidazole rings is 1. The van der Waals surface area contributed by atoms with Crippen molar-refractivity contribution in [3.05, 3.63) is 71.4 Å². The van der Waals surface area contributed by atoms with E-state index in [-0.39, 0.29) is 18.3 Å². The Morgan fingerprint density at radius 2 is 2.03 bits per heavy atom. The molecule has 1 aromatic carbocycles. The molecule has 168 valence electrons. The van der Waals surface area contributed by atoms with E-state index in [1.807, 2.05) is 13.0 Å². The molecule has 1 aliphatic heterocycles. The first-order chi connectivity index (χ1) is 15.7. The first-order valence-electron chi connectivity index (χ1n) is 9.96. The first-order valence-corrected chi connectivity index (χ1v) is 10.3. The summed E-state index contributed by atoms with van der Waals surface area (Å²) in [5, 5.41) is 3.90. The maximum atomic E-state index is 13.4. The number of aromatic amines is 1. The van der Waals surface area contributed by atoms with E-state index in [0.29, 0.717) is 22.8 Å². The van der Waals surface area contributed by atoms with Gasteiger partial charge in [0.2, 0.25) is 0 Å². The van der Waals surface area contributed by atoms with E-state index < -0.39 is 22.7 Å². The molecule has 0 bridgehead atoms. The number of carbonyl (C=O) groups excluding carboxylic acids is 1. The number of anilines is 1. The van der Waals surface area contributed by atoms with Crippen molar-refractivity contribution in [1.82, 2.24) is 24.7 Å². The Hall–Kier alpha value is -3.66. The predicted molar refractivity (Wildman–Crippen MR) is 116 cm³/mol. The number of hydrogen-bond acceptors (Lipinski definition) is 4. The van der Waals surface area contributed by atoms with Crippen LogP contribution in [0.3, 0.4) is 0 Å². The Morgan fingerprint density at radius 3 is 2.73 bits per heavy atom. The standard InChI is InChI=1S/C22H16ClF3N6O/c1-12-11-31(14-4-5-16(17(23)7-14)22(24,25)26)21(33)19-15(9-29-32(12)19)18-10-28-20(30-18)13-3-2-6-27-8-13/h2-10,12H,11H2,1H3,(H,28,30). The van der Waals surface area contributed by atoms with Crippen molar-refractivity contribution in [2.75, 3.05) is 11.4 Å². The van der Waals surface area contributed by atoms with Crippen LogP contribution in [0.5, 0.6) is 0 Å². The second kappa shape index (κ2) is 7.73. The SMILES string of the molecule is CC1CN(c2ccc(C(F)(F)F)c(Cl)c2)C(=O)c2c(-c3c[nH]c(-c4cccnc4)n3)cnn21. The summed E-state index contributed by atoms with van der Waals surface area (Å²) in [6.45, 7) is 2.10. The van der Waals surface area contributed by atoms with Crippen molar-refractivity contribution < 1.29 is 18.0 Å². The zero-order chi connectivity index (χ0) is 23.3. The van der Waals surface area contributed by atoms with Crippen molar-refractivity contribution in [2.24, 2.45) is 0 Å². The van der Waals surface area contributed by atoms with Crippen LogP contribution in [0, 0.1) is 0 Å². The predicted octanol–water partition coefficient (Wildman–Crippen LogP) is 5.23. The van der Waals surface area contributed by atoms with Gasteiger partial charge in [0.15, 0.2) is 0 Å². The molecule has 0 saturated heterocycles. The number of H-pyrrole nitrogens is 1. The number of pyridine rings is 1. The van der Waals surface area contributed by atoms with Gasteiger partial charge >= 0.3 is 6.18 Å². The highest BCUT2D eigenvalue weighted by molar-refractivity contribution is 6.31. The number of amides is 1. The lowest BCUT2D eigenvalue weighted by molar-refractivity contribution is -0.137. The van der Waals surface area contributed by atoms with Crippen molar-refractivity contribution in [3.63, 3.8) is 0 Å². The van der Waals surface area contributed by atoms with Crippen molar-refractivity contribution >= 4 is 23.2 Å². The molecule has 11 heteroatoms. The molecule has 33 heavy (non-hydrogen) atoms. The minimum absolute atomic E-state index is 0.218. The fourth-order valence-electron chi connectivity index (χ4n) is 3.88. The fourth-order valence-corrected chi connectivity index (χ4v) is 4.17. The molecular weight excluding hydrogens is 457 g/mol. The first kappa shape index (κ1) is 21.2. The van der Waals surface area contributed by atoms with Gasteiger partial charge in [0.25, 0.3) is 5.91 Å². The monoisotopic (exact) mass is 472 g/mol. The van der Waals surface area contributed by atoms with E-state index in [4.69, 9.17) is 11.6 Å². The number of fused-ring (bicyclic) bond motifs is 1. The molecule has 1 atom stereocenters. The van der Waals surface area contributed by atoms with Gasteiger partial charge in [-0.3, -0.25) is 14.5 Å². The molecule has 1 aliphatic rings. The molecule has 0 saturated carbocycles. The molecular formula is C22H16ClF3N6O. The Kier molecular flexibility index (Phi) is 4.97. The lowest BCUT2D eigenvalue weighted by atomic mass is 10.1. The highest BCUT2D eigenvalue weighted by atomic mass is 35.5. The average molecular weight is 473 g/mol. The normalized spacial score (nSPS) is 16.2. The minimum Gasteiger partial charge on any atom is -0.344 e. The van der Waals surface area contributed by atoms with Crippen molar-refractivity contribution in [1.29, 1.82) is 0 Å². The highest BCUT2D eigenvalue weighted by Crippen LogP contribution is 2.38. The van der Waals surface area contributed by atoms with E-state index in [2.05, 4.69) is 20.1 Å². The zero-order valence-corrected chi connectivity index (χ0v) is 17.9. The van der Waals surface area contributed by atoms with Gasteiger partial charge in [-0.05, 0) is 37.3 Å². The molecule has 4 heterocycles. The van der Waals surface area contributed by atoms with Gasteiger partial charge in [-0.15, -0.1) is 0 Å². The quantitative estimate of drug-likeness (QED) is 0.443. The summed E-state index contributed by atoms with van der Waals surface area (Å²) in [5.74, 6) is 0.183. The molecule has 3 aromatic heterocycles. The maximum absolute atomic E-state index is 13.4. The minimum atomic E-state index is -4.58. The van der Waals surface area contributed by atoms with Crippen molar-refractivity contribution in [2.45, 2.75) is 19.1 Å². The third kappa shape index (κ3) is 3.66. The Balaban J connectivity index is 1.53. The lowest BCUT2D eigenvalue weighted by Crippen LogP contribution is -2.42. The second-order valence-electron chi connectivity index (χ2n) is 7.65. The van der Waals surface area contributed by atoms with Gasteiger partial charge < -0.3 is 9.88 Å². The molecule has 0 spiro atoms. The molecule has 5 rings (SSSR count). The molecule has 1 unspecified atom stereocenters. The van der Waals surface area contributed by atoms with Crippen LogP contribution in [0.15, 0.2) is 55.1 Å². The summed E-state index contributed by atoms with van der Waals surface area (Å²) in [7, 11) is 0. The smallest absolute Gasteiger partial charge is 0.344 e. The summed E-state index contributed by atoms with van der Waals surface area (Å²) in [6.07, 6.45) is 1.98. The lowest BCUT2D eigenvalue weighted by Gasteiger charge is -2.32. The highest BCUT2D eigenvalue weighted by Gasteiger charge is 2.36. The molecule has 0 aliphatic carbocycles. The van der Waals surface area contributed by atoms with Crippen LogP contribution >= 0.6 is 11.6 Å². The van der Waals surface area contributed by atoms with Gasteiger partial charge in [-0.2, -0.15) is 18.3 Å². The Bertz CT molecular complexity index is 1350. The van der Waals surface area contributed by atoms with Gasteiger partial charge in [0.1, 0.15) is 11.5 Å². The van der Waals surface area contributed by atoms with Crippen molar-refractivity contribution in [3.8, 4) is 22.6 Å². The fraction of sp³-hybridized carbons (Fsp3) is 0.182. The van der Waals surface area contributed by atoms with Crippen LogP contribution in [0.1, 0.15) is 29.0 Å². The summed E-state index contributed by atoms with van der Waals surface area (Å²) < 4.78 is 40.9. The van der Waals surface area contributed by atoms with E-state index in [9.17, 15) is 18.0 Å². The van der Waals surface area contributed by atoms with E-state index in [1.54, 1.807) is 35.5 Å². The number of nitrogens with one attached hydrogen (secondary N) is 1. The number of aromatic nitrogens is 5. The largest absolute Gasteiger partial charge is 0.417 e. The van der Waals surface area contributed by atoms with Crippen LogP contribution in [-0.4, -0.2) is 37.2 Å². The maximum Gasteiger partial charge on any atom is 0.417 e. The molecule has 0 fully saturated rings. The number of benzene rings is 1. The van der Waals surface area contributed by atoms with Gasteiger partial charge in [-0.25, -0.2) is 4.98 Å². The van der Waals surface area contributed by atoms with Crippen LogP contribution in [0.25, 0.3) is 22.6 Å². The van der Waals surface area contributed by atoms with Gasteiger partial charge in [0, 0.05) is 36.4 Å². The summed E-state index contributed by atoms with van der Waals surface area (Å²) in [4.78, 5) is 26.6. The number of alkyl halides is 3. The molecule has 4 aromatic rings. The van der Waals surface area contributed by atoms with Gasteiger partial charge in [0.05, 0.1) is 34.1 Å². The Labute approximate surface area is 190 Å². The topological polar surface area (TPSA) is 79.7 Å². The van der Waals surface area contributed by atoms with Crippen LogP contribution in [0.2, 0.25) is 5.02 Å².